The summed E-state index contributed by atoms with van der Waals surface area (Å²) < 4.78 is 15.0. The fraction of sp³-hybridized carbons (Fsp3) is 0.357. The molecule has 6 nitrogen and oxygen atoms in total. The predicted molar refractivity (Wildman–Crippen MR) is 72.5 cm³/mol. The van der Waals surface area contributed by atoms with Crippen LogP contribution in [0, 0.1) is 17.3 Å². The third kappa shape index (κ3) is 3.99. The maximum Gasteiger partial charge on any atom is 0.308 e. The maximum absolute atomic E-state index is 11.3. The van der Waals surface area contributed by atoms with Crippen molar-refractivity contribution in [1.82, 2.24) is 0 Å². The number of hydrogen-bond donors (Lipinski definition) is 0. The molecular formula is C14H15NO5. The van der Waals surface area contributed by atoms with Crippen LogP contribution in [-0.2, 0) is 9.53 Å². The smallest absolute Gasteiger partial charge is 0.308 e. The second kappa shape index (κ2) is 7.79. The van der Waals surface area contributed by atoms with Crippen LogP contribution in [0.1, 0.15) is 18.0 Å². The van der Waals surface area contributed by atoms with Gasteiger partial charge in [-0.05, 0) is 18.2 Å². The minimum Gasteiger partial charge on any atom is -0.496 e. The number of nitrogens with zero attached hydrogens (tertiary/aromatic N) is 1. The van der Waals surface area contributed by atoms with Crippen LogP contribution in [0.15, 0.2) is 23.4 Å². The van der Waals surface area contributed by atoms with Crippen LogP contribution in [-0.4, -0.2) is 26.8 Å². The first-order chi connectivity index (χ1) is 9.65. The third-order valence-corrected chi connectivity index (χ3v) is 2.60. The van der Waals surface area contributed by atoms with Crippen molar-refractivity contribution in [3.05, 3.63) is 28.7 Å². The van der Waals surface area contributed by atoms with Gasteiger partial charge in [-0.2, -0.15) is 4.91 Å². The largest absolute Gasteiger partial charge is 0.496 e. The zero-order chi connectivity index (χ0) is 15.0. The number of carbonyl (C=O) groups is 1. The van der Waals surface area contributed by atoms with Gasteiger partial charge in [-0.1, -0.05) is 11.1 Å². The summed E-state index contributed by atoms with van der Waals surface area (Å²) in [5.74, 6) is 2.71. The number of nitroso groups, excluding NO2 is 1. The van der Waals surface area contributed by atoms with Crippen LogP contribution in [0.4, 0.5) is 0 Å². The lowest BCUT2D eigenvalue weighted by atomic mass is 10.0. The first kappa shape index (κ1) is 15.5. The number of ether oxygens (including phenoxy) is 3. The molecule has 0 N–H and O–H groups in total. The van der Waals surface area contributed by atoms with Gasteiger partial charge in [0.2, 0.25) is 0 Å². The van der Waals surface area contributed by atoms with Crippen molar-refractivity contribution in [2.75, 3.05) is 20.8 Å². The summed E-state index contributed by atoms with van der Waals surface area (Å²) in [4.78, 5) is 22.3. The Morgan fingerprint density at radius 3 is 2.75 bits per heavy atom. The van der Waals surface area contributed by atoms with Gasteiger partial charge >= 0.3 is 5.97 Å². The molecule has 0 amide bonds. The van der Waals surface area contributed by atoms with Gasteiger partial charge in [0.25, 0.3) is 0 Å². The van der Waals surface area contributed by atoms with E-state index in [1.807, 2.05) is 0 Å². The average molecular weight is 277 g/mol. The molecule has 0 bridgehead atoms. The van der Waals surface area contributed by atoms with E-state index in [0.29, 0.717) is 17.1 Å². The van der Waals surface area contributed by atoms with Crippen molar-refractivity contribution < 1.29 is 19.0 Å². The molecule has 106 valence electrons. The van der Waals surface area contributed by atoms with Crippen LogP contribution < -0.4 is 9.47 Å². The molecule has 0 fully saturated rings. The number of hydrogen-bond acceptors (Lipinski definition) is 6. The topological polar surface area (TPSA) is 74.2 Å². The molecular weight excluding hydrogens is 262 g/mol. The molecule has 0 spiro atoms. The Hall–Kier alpha value is -2.55. The normalized spacial score (nSPS) is 11.1. The second-order valence-electron chi connectivity index (χ2n) is 3.80. The highest BCUT2D eigenvalue weighted by Crippen LogP contribution is 2.33. The number of rotatable bonds is 7. The predicted octanol–water partition coefficient (Wildman–Crippen LogP) is 2.08. The first-order valence-electron chi connectivity index (χ1n) is 5.79. The van der Waals surface area contributed by atoms with Crippen LogP contribution in [0.25, 0.3) is 0 Å². The molecule has 0 aliphatic rings. The van der Waals surface area contributed by atoms with E-state index in [9.17, 15) is 9.70 Å². The van der Waals surface area contributed by atoms with Crippen molar-refractivity contribution in [1.29, 1.82) is 0 Å². The monoisotopic (exact) mass is 277 g/mol. The summed E-state index contributed by atoms with van der Waals surface area (Å²) >= 11 is 0. The van der Waals surface area contributed by atoms with Gasteiger partial charge in [0.15, 0.2) is 0 Å². The molecule has 0 saturated heterocycles. The maximum atomic E-state index is 11.3. The number of benzene rings is 1. The fourth-order valence-electron chi connectivity index (χ4n) is 1.63. The molecule has 1 aromatic carbocycles. The molecule has 0 radical (unpaired) electrons. The standard InChI is InChI=1S/C14H15NO5/c1-4-7-20-10-5-6-13(18-2)11(8-10)12(15-17)9-14(16)19-3/h1,5-6,8,12H,7,9H2,2-3H3. The summed E-state index contributed by atoms with van der Waals surface area (Å²) in [6, 6.07) is 3.94. The van der Waals surface area contributed by atoms with Gasteiger partial charge in [-0.3, -0.25) is 4.79 Å². The van der Waals surface area contributed by atoms with E-state index >= 15 is 0 Å². The van der Waals surface area contributed by atoms with E-state index in [-0.39, 0.29) is 13.0 Å². The summed E-state index contributed by atoms with van der Waals surface area (Å²) in [6.45, 7) is 0.0992. The summed E-state index contributed by atoms with van der Waals surface area (Å²) in [5, 5.41) is 2.95. The fourth-order valence-corrected chi connectivity index (χ4v) is 1.63. The van der Waals surface area contributed by atoms with E-state index in [0.717, 1.165) is 0 Å². The lowest BCUT2D eigenvalue weighted by Gasteiger charge is -2.14. The van der Waals surface area contributed by atoms with Crippen molar-refractivity contribution in [3.63, 3.8) is 0 Å². The molecule has 1 atom stereocenters. The first-order valence-corrected chi connectivity index (χ1v) is 5.79. The van der Waals surface area contributed by atoms with Crippen molar-refractivity contribution >= 4 is 5.97 Å². The van der Waals surface area contributed by atoms with E-state index in [2.05, 4.69) is 15.8 Å². The Morgan fingerprint density at radius 1 is 1.45 bits per heavy atom. The van der Waals surface area contributed by atoms with Crippen molar-refractivity contribution in [2.24, 2.45) is 5.18 Å². The van der Waals surface area contributed by atoms with Crippen molar-refractivity contribution in [2.45, 2.75) is 12.5 Å². The number of carbonyl (C=O) groups excluding carboxylic acids is 1. The minimum absolute atomic E-state index is 0.0992. The molecule has 1 unspecified atom stereocenters. The second-order valence-corrected chi connectivity index (χ2v) is 3.80. The molecule has 6 heteroatoms. The minimum atomic E-state index is -0.910. The lowest BCUT2D eigenvalue weighted by Crippen LogP contribution is -2.08. The van der Waals surface area contributed by atoms with E-state index < -0.39 is 12.0 Å². The van der Waals surface area contributed by atoms with Crippen molar-refractivity contribution in [3.8, 4) is 23.8 Å². The van der Waals surface area contributed by atoms with Gasteiger partial charge in [-0.25, -0.2) is 0 Å². The third-order valence-electron chi connectivity index (χ3n) is 2.60. The molecule has 1 aromatic rings. The van der Waals surface area contributed by atoms with Gasteiger partial charge < -0.3 is 14.2 Å². The number of terminal acetylenes is 1. The van der Waals surface area contributed by atoms with Gasteiger partial charge in [-0.15, -0.1) is 6.42 Å². The summed E-state index contributed by atoms with van der Waals surface area (Å²) in [5.41, 5.74) is 0.447. The Balaban J connectivity index is 3.07. The SMILES string of the molecule is C#CCOc1ccc(OC)c(C(CC(=O)OC)N=O)c1. The van der Waals surface area contributed by atoms with Crippen LogP contribution in [0.3, 0.4) is 0 Å². The average Bonchev–Trinajstić information content (AvgIpc) is 2.49. The molecule has 0 aromatic heterocycles. The van der Waals surface area contributed by atoms with Crippen LogP contribution >= 0.6 is 0 Å². The van der Waals surface area contributed by atoms with Crippen LogP contribution in [0.2, 0.25) is 0 Å². The molecule has 0 heterocycles. The van der Waals surface area contributed by atoms with E-state index in [4.69, 9.17) is 15.9 Å². The van der Waals surface area contributed by atoms with Gasteiger partial charge in [0.1, 0.15) is 24.1 Å². The lowest BCUT2D eigenvalue weighted by molar-refractivity contribution is -0.141. The summed E-state index contributed by atoms with van der Waals surface area (Å²) in [7, 11) is 2.70. The van der Waals surface area contributed by atoms with Gasteiger partial charge in [0, 0.05) is 5.56 Å². The Labute approximate surface area is 117 Å². The molecule has 0 aliphatic heterocycles. The molecule has 0 saturated carbocycles. The Morgan fingerprint density at radius 2 is 2.20 bits per heavy atom. The highest BCUT2D eigenvalue weighted by atomic mass is 16.5. The zero-order valence-corrected chi connectivity index (χ0v) is 11.3. The van der Waals surface area contributed by atoms with E-state index in [1.54, 1.807) is 18.2 Å². The molecule has 20 heavy (non-hydrogen) atoms. The molecule has 0 aliphatic carbocycles. The highest BCUT2D eigenvalue weighted by Gasteiger charge is 2.21. The quantitative estimate of drug-likeness (QED) is 0.433. The highest BCUT2D eigenvalue weighted by molar-refractivity contribution is 5.70. The zero-order valence-electron chi connectivity index (χ0n) is 11.3. The van der Waals surface area contributed by atoms with Gasteiger partial charge in [0.05, 0.1) is 20.6 Å². The molecule has 1 rings (SSSR count). The number of methoxy groups -OCH3 is 2. The summed E-state index contributed by atoms with van der Waals surface area (Å²) in [6.07, 6.45) is 4.94. The van der Waals surface area contributed by atoms with Crippen LogP contribution in [0.5, 0.6) is 11.5 Å². The number of esters is 1. The van der Waals surface area contributed by atoms with E-state index in [1.165, 1.54) is 14.2 Å². The Bertz CT molecular complexity index is 521. The Kier molecular flexibility index (Phi) is 6.04.